The van der Waals surface area contributed by atoms with Gasteiger partial charge in [-0.15, -0.1) is 0 Å². The molecule has 0 spiro atoms. The van der Waals surface area contributed by atoms with E-state index in [1.165, 1.54) is 24.0 Å². The van der Waals surface area contributed by atoms with Crippen LogP contribution in [0, 0.1) is 5.92 Å². The zero-order chi connectivity index (χ0) is 14.8. The molecule has 1 saturated carbocycles. The zero-order valence-electron chi connectivity index (χ0n) is 13.1. The van der Waals surface area contributed by atoms with Crippen molar-refractivity contribution in [2.45, 2.75) is 51.0 Å². The minimum atomic E-state index is 0.191. The minimum absolute atomic E-state index is 0.191. The van der Waals surface area contributed by atoms with Crippen LogP contribution in [0.2, 0.25) is 0 Å². The van der Waals surface area contributed by atoms with Crippen LogP contribution in [0.4, 0.5) is 0 Å². The number of amides is 1. The zero-order valence-corrected chi connectivity index (χ0v) is 13.1. The number of carbonyl (C=O) groups is 1. The molecule has 1 saturated heterocycles. The van der Waals surface area contributed by atoms with Gasteiger partial charge in [-0.3, -0.25) is 4.79 Å². The van der Waals surface area contributed by atoms with Crippen molar-refractivity contribution in [2.75, 3.05) is 13.1 Å². The number of hydrogen-bond donors (Lipinski definition) is 2. The van der Waals surface area contributed by atoms with E-state index in [4.69, 9.17) is 0 Å². The lowest BCUT2D eigenvalue weighted by atomic mass is 10.00. The molecule has 3 heteroatoms. The molecule has 3 unspecified atom stereocenters. The summed E-state index contributed by atoms with van der Waals surface area (Å²) in [6, 6.07) is 9.29. The second-order valence-corrected chi connectivity index (χ2v) is 6.81. The molecule has 1 aromatic carbocycles. The van der Waals surface area contributed by atoms with Crippen molar-refractivity contribution in [1.82, 2.24) is 10.6 Å². The first kappa shape index (κ1) is 14.6. The van der Waals surface area contributed by atoms with Gasteiger partial charge in [0.25, 0.3) is 0 Å². The maximum atomic E-state index is 12.2. The van der Waals surface area contributed by atoms with Crippen LogP contribution < -0.4 is 10.6 Å². The lowest BCUT2D eigenvalue weighted by Gasteiger charge is -2.11. The summed E-state index contributed by atoms with van der Waals surface area (Å²) in [6.45, 7) is 6.29. The van der Waals surface area contributed by atoms with E-state index < -0.39 is 0 Å². The maximum Gasteiger partial charge on any atom is 0.223 e. The Morgan fingerprint density at radius 2 is 2.10 bits per heavy atom. The maximum absolute atomic E-state index is 12.2. The van der Waals surface area contributed by atoms with Crippen molar-refractivity contribution in [2.24, 2.45) is 5.92 Å². The van der Waals surface area contributed by atoms with Gasteiger partial charge in [-0.05, 0) is 48.8 Å². The molecule has 2 aliphatic rings. The molecule has 1 aromatic rings. The highest BCUT2D eigenvalue weighted by Crippen LogP contribution is 2.47. The summed E-state index contributed by atoms with van der Waals surface area (Å²) in [6.07, 6.45) is 3.42. The van der Waals surface area contributed by atoms with Gasteiger partial charge in [0, 0.05) is 18.5 Å². The molecule has 2 fully saturated rings. The van der Waals surface area contributed by atoms with Gasteiger partial charge in [-0.25, -0.2) is 0 Å². The Labute approximate surface area is 127 Å². The number of hydrogen-bond acceptors (Lipinski definition) is 2. The van der Waals surface area contributed by atoms with Crippen LogP contribution in [-0.4, -0.2) is 25.0 Å². The SMILES string of the molecule is CC(C)c1ccc(C2CC2C(=O)NCC2CCCN2)cc1. The molecule has 1 heterocycles. The fourth-order valence-corrected chi connectivity index (χ4v) is 3.27. The normalized spacial score (nSPS) is 27.9. The topological polar surface area (TPSA) is 41.1 Å². The van der Waals surface area contributed by atoms with Gasteiger partial charge in [0.2, 0.25) is 5.91 Å². The van der Waals surface area contributed by atoms with Gasteiger partial charge >= 0.3 is 0 Å². The standard InChI is InChI=1S/C18H26N2O/c1-12(2)13-5-7-14(8-6-13)16-10-17(16)18(21)20-11-15-4-3-9-19-15/h5-8,12,15-17,19H,3-4,9-11H2,1-2H3,(H,20,21). The van der Waals surface area contributed by atoms with Gasteiger partial charge < -0.3 is 10.6 Å². The van der Waals surface area contributed by atoms with E-state index in [-0.39, 0.29) is 11.8 Å². The molecule has 0 radical (unpaired) electrons. The summed E-state index contributed by atoms with van der Waals surface area (Å²) in [5.74, 6) is 1.43. The van der Waals surface area contributed by atoms with Crippen LogP contribution in [0.3, 0.4) is 0 Å². The second kappa shape index (κ2) is 6.18. The van der Waals surface area contributed by atoms with Gasteiger partial charge in [0.15, 0.2) is 0 Å². The van der Waals surface area contributed by atoms with E-state index in [2.05, 4.69) is 48.7 Å². The Hall–Kier alpha value is -1.35. The Bertz CT molecular complexity index is 488. The van der Waals surface area contributed by atoms with Crippen LogP contribution in [-0.2, 0) is 4.79 Å². The lowest BCUT2D eigenvalue weighted by molar-refractivity contribution is -0.122. The Morgan fingerprint density at radius 3 is 2.71 bits per heavy atom. The molecule has 3 nitrogen and oxygen atoms in total. The highest BCUT2D eigenvalue weighted by molar-refractivity contribution is 5.82. The molecule has 1 aliphatic carbocycles. The number of nitrogens with one attached hydrogen (secondary N) is 2. The largest absolute Gasteiger partial charge is 0.354 e. The van der Waals surface area contributed by atoms with E-state index in [0.29, 0.717) is 17.9 Å². The van der Waals surface area contributed by atoms with E-state index in [0.717, 1.165) is 19.5 Å². The van der Waals surface area contributed by atoms with Crippen molar-refractivity contribution in [3.8, 4) is 0 Å². The predicted molar refractivity (Wildman–Crippen MR) is 85.4 cm³/mol. The molecule has 2 N–H and O–H groups in total. The van der Waals surface area contributed by atoms with Crippen LogP contribution >= 0.6 is 0 Å². The van der Waals surface area contributed by atoms with Gasteiger partial charge in [0.05, 0.1) is 0 Å². The molecule has 0 bridgehead atoms. The van der Waals surface area contributed by atoms with Gasteiger partial charge in [0.1, 0.15) is 0 Å². The van der Waals surface area contributed by atoms with E-state index >= 15 is 0 Å². The third-order valence-electron chi connectivity index (χ3n) is 4.84. The van der Waals surface area contributed by atoms with E-state index in [9.17, 15) is 4.79 Å². The van der Waals surface area contributed by atoms with Gasteiger partial charge in [-0.2, -0.15) is 0 Å². The molecule has 3 atom stereocenters. The molecule has 0 aromatic heterocycles. The highest BCUT2D eigenvalue weighted by atomic mass is 16.2. The Kier molecular flexibility index (Phi) is 4.29. The van der Waals surface area contributed by atoms with E-state index in [1.54, 1.807) is 0 Å². The third-order valence-corrected chi connectivity index (χ3v) is 4.84. The molecule has 114 valence electrons. The summed E-state index contributed by atoms with van der Waals surface area (Å²) >= 11 is 0. The van der Waals surface area contributed by atoms with Crippen molar-refractivity contribution in [3.05, 3.63) is 35.4 Å². The first-order valence-corrected chi connectivity index (χ1v) is 8.26. The fraction of sp³-hybridized carbons (Fsp3) is 0.611. The molecular weight excluding hydrogens is 260 g/mol. The van der Waals surface area contributed by atoms with Crippen molar-refractivity contribution < 1.29 is 4.79 Å². The fourth-order valence-electron chi connectivity index (χ4n) is 3.27. The number of carbonyl (C=O) groups excluding carboxylic acids is 1. The smallest absolute Gasteiger partial charge is 0.223 e. The summed E-state index contributed by atoms with van der Waals surface area (Å²) in [7, 11) is 0. The Balaban J connectivity index is 1.49. The molecule has 1 aliphatic heterocycles. The lowest BCUT2D eigenvalue weighted by Crippen LogP contribution is -2.37. The monoisotopic (exact) mass is 286 g/mol. The molecule has 3 rings (SSSR count). The van der Waals surface area contributed by atoms with Gasteiger partial charge in [-0.1, -0.05) is 38.1 Å². The van der Waals surface area contributed by atoms with Crippen LogP contribution in [0.1, 0.15) is 56.1 Å². The van der Waals surface area contributed by atoms with Crippen LogP contribution in [0.5, 0.6) is 0 Å². The minimum Gasteiger partial charge on any atom is -0.354 e. The average molecular weight is 286 g/mol. The molecule has 1 amide bonds. The molecule has 21 heavy (non-hydrogen) atoms. The second-order valence-electron chi connectivity index (χ2n) is 6.81. The summed E-state index contributed by atoms with van der Waals surface area (Å²) < 4.78 is 0. The van der Waals surface area contributed by atoms with Crippen molar-refractivity contribution >= 4 is 5.91 Å². The molecular formula is C18H26N2O. The van der Waals surface area contributed by atoms with E-state index in [1.807, 2.05) is 0 Å². The van der Waals surface area contributed by atoms with Crippen LogP contribution in [0.15, 0.2) is 24.3 Å². The quantitative estimate of drug-likeness (QED) is 0.874. The average Bonchev–Trinajstić information content (AvgIpc) is 3.12. The first-order valence-electron chi connectivity index (χ1n) is 8.26. The van der Waals surface area contributed by atoms with Crippen LogP contribution in [0.25, 0.3) is 0 Å². The highest BCUT2D eigenvalue weighted by Gasteiger charge is 2.43. The van der Waals surface area contributed by atoms with Crippen molar-refractivity contribution in [1.29, 1.82) is 0 Å². The first-order chi connectivity index (χ1) is 10.1. The predicted octanol–water partition coefficient (Wildman–Crippen LogP) is 2.78. The Morgan fingerprint density at radius 1 is 1.33 bits per heavy atom. The summed E-state index contributed by atoms with van der Waals surface area (Å²) in [5.41, 5.74) is 2.69. The number of rotatable bonds is 5. The third kappa shape index (κ3) is 3.46. The van der Waals surface area contributed by atoms with Crippen molar-refractivity contribution in [3.63, 3.8) is 0 Å². The summed E-state index contributed by atoms with van der Waals surface area (Å²) in [5, 5.41) is 6.53. The number of benzene rings is 1. The summed E-state index contributed by atoms with van der Waals surface area (Å²) in [4.78, 5) is 12.2.